The number of imide groups is 1. The van der Waals surface area contributed by atoms with E-state index in [4.69, 9.17) is 20.4 Å². The smallest absolute Gasteiger partial charge is 0.475 e. The minimum Gasteiger partial charge on any atom is -0.475 e. The Morgan fingerprint density at radius 3 is 2.02 bits per heavy atom. The van der Waals surface area contributed by atoms with Crippen LogP contribution in [-0.4, -0.2) is 79.0 Å². The molecule has 5 rings (SSSR count). The summed E-state index contributed by atoms with van der Waals surface area (Å²) in [6.45, 7) is 5.93. The molecule has 0 saturated heterocycles. The fraction of sp³-hybridized carbons (Fsp3) is 0.389. The molecular formula is C36H41F3N8O6. The molecular weight excluding hydrogens is 697 g/mol. The number of tetrazole rings is 1. The molecule has 282 valence electrons. The van der Waals surface area contributed by atoms with E-state index in [2.05, 4.69) is 30.9 Å². The summed E-state index contributed by atoms with van der Waals surface area (Å²) in [5.41, 5.74) is 10.0. The summed E-state index contributed by atoms with van der Waals surface area (Å²) in [6.07, 6.45) is 0.876. The number of halogens is 3. The Kier molecular flexibility index (Phi) is 13.4. The molecule has 17 heteroatoms. The van der Waals surface area contributed by atoms with Gasteiger partial charge in [-0.25, -0.2) is 14.5 Å². The van der Waals surface area contributed by atoms with Crippen LogP contribution in [0.25, 0.3) is 22.5 Å². The number of aromatic nitrogens is 5. The molecule has 1 fully saturated rings. The number of ether oxygens (including phenoxy) is 1. The number of nitrogens with zero attached hydrogens (tertiary/aromatic N) is 5. The van der Waals surface area contributed by atoms with Gasteiger partial charge in [-0.2, -0.15) is 18.4 Å². The number of carboxylic acid groups (broad SMARTS) is 1. The van der Waals surface area contributed by atoms with E-state index in [0.29, 0.717) is 36.5 Å². The molecule has 1 saturated carbocycles. The molecule has 1 aliphatic carbocycles. The predicted octanol–water partition coefficient (Wildman–Crippen LogP) is 5.32. The molecule has 1 aliphatic rings. The Hall–Kier alpha value is -5.71. The van der Waals surface area contributed by atoms with Crippen molar-refractivity contribution in [3.05, 3.63) is 78.6 Å². The standard InChI is InChI=1S/C34H40N8O4.C2HF3O2/c1-34(2,3)46-33(45)37-21-23-6-10-27(11-7-23)31(43)42(28-14-12-26(13-15-28)30-38-40-41-39-30)32(44)29(35)20-22-4-8-24(9-5-22)25-16-18-36-19-17-25;3-2(4,5)1(6)7/h4-5,8-9,12-19,23,27,29H,6-7,10-11,20-21,35H2,1-3H3,(H,37,45)(H,38,39,40,41);(H,6,7)/t23?,27?,29-;/m0./s1. The molecule has 14 nitrogen and oxygen atoms in total. The second kappa shape index (κ2) is 17.7. The first kappa shape index (κ1) is 40.1. The van der Waals surface area contributed by atoms with Crippen LogP contribution < -0.4 is 16.0 Å². The van der Waals surface area contributed by atoms with Gasteiger partial charge < -0.3 is 20.9 Å². The highest BCUT2D eigenvalue weighted by molar-refractivity contribution is 6.17. The molecule has 1 atom stereocenters. The first-order chi connectivity index (χ1) is 25.0. The SMILES string of the molecule is CC(C)(C)OC(=O)NCC1CCC(C(=O)N(C(=O)[C@@H](N)Cc2ccc(-c3ccncc3)cc2)c2ccc(-c3nn[nH]n3)cc2)CC1.O=C(O)C(F)(F)F. The van der Waals surface area contributed by atoms with Crippen molar-refractivity contribution in [2.24, 2.45) is 17.6 Å². The van der Waals surface area contributed by atoms with Crippen molar-refractivity contribution in [1.29, 1.82) is 0 Å². The van der Waals surface area contributed by atoms with Crippen molar-refractivity contribution in [3.63, 3.8) is 0 Å². The number of H-pyrrole nitrogens is 1. The number of hydrogen-bond donors (Lipinski definition) is 4. The number of anilines is 1. The molecule has 2 aromatic heterocycles. The van der Waals surface area contributed by atoms with Gasteiger partial charge in [0.2, 0.25) is 11.7 Å². The van der Waals surface area contributed by atoms with Crippen LogP contribution in [0.3, 0.4) is 0 Å². The van der Waals surface area contributed by atoms with Crippen LogP contribution in [0, 0.1) is 11.8 Å². The maximum atomic E-state index is 14.1. The van der Waals surface area contributed by atoms with Gasteiger partial charge in [0.1, 0.15) is 5.60 Å². The maximum Gasteiger partial charge on any atom is 0.490 e. The third kappa shape index (κ3) is 11.9. The number of hydrogen-bond acceptors (Lipinski definition) is 10. The zero-order valence-corrected chi connectivity index (χ0v) is 29.3. The van der Waals surface area contributed by atoms with Gasteiger partial charge in [-0.15, -0.1) is 10.2 Å². The molecule has 2 aromatic carbocycles. The normalized spacial score (nSPS) is 16.4. The number of nitrogens with two attached hydrogens (primary N) is 1. The fourth-order valence-corrected chi connectivity index (χ4v) is 5.63. The third-order valence-electron chi connectivity index (χ3n) is 8.28. The molecule has 2 heterocycles. The number of carbonyl (C=O) groups is 4. The Morgan fingerprint density at radius 1 is 0.925 bits per heavy atom. The number of aromatic amines is 1. The molecule has 3 amide bonds. The second-order valence-corrected chi connectivity index (χ2v) is 13.4. The zero-order valence-electron chi connectivity index (χ0n) is 29.3. The van der Waals surface area contributed by atoms with E-state index in [9.17, 15) is 27.6 Å². The van der Waals surface area contributed by atoms with E-state index < -0.39 is 35.8 Å². The molecule has 0 aliphatic heterocycles. The minimum absolute atomic E-state index is 0.215. The van der Waals surface area contributed by atoms with Crippen molar-refractivity contribution in [2.45, 2.75) is 70.7 Å². The van der Waals surface area contributed by atoms with Crippen LogP contribution in [0.4, 0.5) is 23.7 Å². The second-order valence-electron chi connectivity index (χ2n) is 13.4. The monoisotopic (exact) mass is 738 g/mol. The average molecular weight is 739 g/mol. The van der Waals surface area contributed by atoms with Crippen molar-refractivity contribution in [1.82, 2.24) is 30.9 Å². The molecule has 4 aromatic rings. The van der Waals surface area contributed by atoms with Crippen LogP contribution >= 0.6 is 0 Å². The first-order valence-electron chi connectivity index (χ1n) is 16.8. The van der Waals surface area contributed by atoms with E-state index in [1.54, 1.807) is 36.7 Å². The van der Waals surface area contributed by atoms with Gasteiger partial charge in [-0.3, -0.25) is 14.6 Å². The molecule has 0 radical (unpaired) electrons. The van der Waals surface area contributed by atoms with E-state index in [0.717, 1.165) is 29.5 Å². The fourth-order valence-electron chi connectivity index (χ4n) is 5.63. The molecule has 0 bridgehead atoms. The number of carbonyl (C=O) groups excluding carboxylic acids is 3. The van der Waals surface area contributed by atoms with Crippen LogP contribution in [0.2, 0.25) is 0 Å². The number of pyridine rings is 1. The number of alkyl halides is 3. The highest BCUT2D eigenvalue weighted by atomic mass is 19.4. The highest BCUT2D eigenvalue weighted by Crippen LogP contribution is 2.32. The summed E-state index contributed by atoms with van der Waals surface area (Å²) in [5, 5.41) is 24.0. The minimum atomic E-state index is -5.08. The van der Waals surface area contributed by atoms with E-state index in [-0.39, 0.29) is 24.2 Å². The zero-order chi connectivity index (χ0) is 38.8. The Bertz CT molecular complexity index is 1810. The summed E-state index contributed by atoms with van der Waals surface area (Å²) < 4.78 is 37.1. The lowest BCUT2D eigenvalue weighted by molar-refractivity contribution is -0.192. The van der Waals surface area contributed by atoms with Crippen LogP contribution in [0.1, 0.15) is 52.0 Å². The van der Waals surface area contributed by atoms with Crippen LogP contribution in [0.5, 0.6) is 0 Å². The topological polar surface area (TPSA) is 206 Å². The van der Waals surface area contributed by atoms with E-state index in [1.807, 2.05) is 57.2 Å². The first-order valence-corrected chi connectivity index (χ1v) is 16.8. The van der Waals surface area contributed by atoms with Gasteiger partial charge in [0.25, 0.3) is 5.91 Å². The van der Waals surface area contributed by atoms with Crippen molar-refractivity contribution >= 4 is 29.6 Å². The van der Waals surface area contributed by atoms with Gasteiger partial charge in [-0.1, -0.05) is 24.3 Å². The van der Waals surface area contributed by atoms with Gasteiger partial charge in [0, 0.05) is 30.4 Å². The summed E-state index contributed by atoms with van der Waals surface area (Å²) in [6, 6.07) is 17.7. The molecule has 53 heavy (non-hydrogen) atoms. The van der Waals surface area contributed by atoms with Gasteiger partial charge in [0.15, 0.2) is 0 Å². The Balaban J connectivity index is 0.000000815. The van der Waals surface area contributed by atoms with Gasteiger partial charge in [0.05, 0.1) is 11.7 Å². The number of aliphatic carboxylic acids is 1. The summed E-state index contributed by atoms with van der Waals surface area (Å²) in [4.78, 5) is 54.3. The van der Waals surface area contributed by atoms with Crippen LogP contribution in [0.15, 0.2) is 73.1 Å². The van der Waals surface area contributed by atoms with E-state index >= 15 is 0 Å². The van der Waals surface area contributed by atoms with E-state index in [1.165, 1.54) is 4.90 Å². The van der Waals surface area contributed by atoms with Crippen molar-refractivity contribution < 1.29 is 42.2 Å². The number of carboxylic acids is 1. The molecule has 0 unspecified atom stereocenters. The third-order valence-corrected chi connectivity index (χ3v) is 8.28. The number of amides is 3. The number of rotatable bonds is 9. The van der Waals surface area contributed by atoms with Crippen molar-refractivity contribution in [3.8, 4) is 22.5 Å². The number of nitrogens with one attached hydrogen (secondary N) is 2. The maximum absolute atomic E-state index is 14.1. The molecule has 5 N–H and O–H groups in total. The molecule has 0 spiro atoms. The quantitative estimate of drug-likeness (QED) is 0.173. The summed E-state index contributed by atoms with van der Waals surface area (Å²) >= 11 is 0. The Labute approximate surface area is 303 Å². The number of alkyl carbamates (subject to hydrolysis) is 1. The van der Waals surface area contributed by atoms with Crippen LogP contribution in [-0.2, 0) is 25.5 Å². The van der Waals surface area contributed by atoms with Gasteiger partial charge in [-0.05, 0) is 117 Å². The lowest BCUT2D eigenvalue weighted by Gasteiger charge is -2.32. The summed E-state index contributed by atoms with van der Waals surface area (Å²) in [5.74, 6) is -3.24. The lowest BCUT2D eigenvalue weighted by Crippen LogP contribution is -2.50. The van der Waals surface area contributed by atoms with Crippen molar-refractivity contribution in [2.75, 3.05) is 11.4 Å². The number of benzene rings is 2. The average Bonchev–Trinajstić information content (AvgIpc) is 3.66. The highest BCUT2D eigenvalue weighted by Gasteiger charge is 2.38. The lowest BCUT2D eigenvalue weighted by atomic mass is 9.81. The van der Waals surface area contributed by atoms with Gasteiger partial charge >= 0.3 is 18.2 Å². The Morgan fingerprint density at radius 2 is 1.49 bits per heavy atom. The largest absolute Gasteiger partial charge is 0.490 e. The predicted molar refractivity (Wildman–Crippen MR) is 187 cm³/mol. The summed E-state index contributed by atoms with van der Waals surface area (Å²) in [7, 11) is 0.